The summed E-state index contributed by atoms with van der Waals surface area (Å²) >= 11 is 0. The molecule has 1 fully saturated rings. The number of carbonyl (C=O) groups excluding carboxylic acids is 1. The number of hydrogen-bond acceptors (Lipinski definition) is 5. The van der Waals surface area contributed by atoms with Gasteiger partial charge in [-0.1, -0.05) is 13.8 Å². The second-order valence-corrected chi connectivity index (χ2v) is 8.25. The van der Waals surface area contributed by atoms with Crippen LogP contribution in [0, 0.1) is 5.92 Å². The van der Waals surface area contributed by atoms with Crippen LogP contribution in [-0.2, 0) is 4.79 Å². The summed E-state index contributed by atoms with van der Waals surface area (Å²) < 4.78 is 5.78. The lowest BCUT2D eigenvalue weighted by Gasteiger charge is -2.32. The van der Waals surface area contributed by atoms with Gasteiger partial charge in [-0.25, -0.2) is 9.50 Å². The van der Waals surface area contributed by atoms with E-state index >= 15 is 0 Å². The van der Waals surface area contributed by atoms with Crippen molar-refractivity contribution in [3.8, 4) is 22.5 Å². The standard InChI is InChI=1S/C22H26N8O/c1-3-17(4-2)28-12-16(10-26-28)21-20-5-6-24-30(20)13-19(27-21)15-9-25-29(11-15)18-7-14(8-18)22(23)31/h5-6,9-14,17-18H,3-4,7-8H2,1-2H3,(H2,23,31)/t14-,18+. The topological polar surface area (TPSA) is 109 Å². The van der Waals surface area contributed by atoms with E-state index in [-0.39, 0.29) is 17.9 Å². The fraction of sp³-hybridized carbons (Fsp3) is 0.409. The van der Waals surface area contributed by atoms with Gasteiger partial charge in [0, 0.05) is 29.4 Å². The Bertz CT molecular complexity index is 1230. The molecular formula is C22H26N8O. The highest BCUT2D eigenvalue weighted by atomic mass is 16.1. The van der Waals surface area contributed by atoms with Crippen molar-refractivity contribution in [3.05, 3.63) is 43.2 Å². The van der Waals surface area contributed by atoms with Gasteiger partial charge in [0.25, 0.3) is 0 Å². The molecule has 0 bridgehead atoms. The molecule has 4 heterocycles. The zero-order chi connectivity index (χ0) is 21.5. The first-order valence-electron chi connectivity index (χ1n) is 10.8. The second-order valence-electron chi connectivity index (χ2n) is 8.25. The maximum absolute atomic E-state index is 11.3. The third kappa shape index (κ3) is 3.39. The lowest BCUT2D eigenvalue weighted by atomic mass is 9.80. The van der Waals surface area contributed by atoms with E-state index in [1.54, 1.807) is 6.20 Å². The molecule has 4 aromatic heterocycles. The van der Waals surface area contributed by atoms with Crippen molar-refractivity contribution in [1.29, 1.82) is 0 Å². The Morgan fingerprint density at radius 3 is 2.61 bits per heavy atom. The molecule has 31 heavy (non-hydrogen) atoms. The quantitative estimate of drug-likeness (QED) is 0.495. The van der Waals surface area contributed by atoms with Gasteiger partial charge < -0.3 is 5.73 Å². The molecule has 0 saturated heterocycles. The minimum atomic E-state index is -0.229. The Balaban J connectivity index is 1.49. The number of carbonyl (C=O) groups is 1. The monoisotopic (exact) mass is 418 g/mol. The van der Waals surface area contributed by atoms with Crippen LogP contribution in [0.3, 0.4) is 0 Å². The van der Waals surface area contributed by atoms with Crippen LogP contribution in [0.5, 0.6) is 0 Å². The van der Waals surface area contributed by atoms with Gasteiger partial charge in [0.2, 0.25) is 5.91 Å². The molecule has 1 saturated carbocycles. The minimum absolute atomic E-state index is 0.0468. The number of nitrogens with two attached hydrogens (primary N) is 1. The summed E-state index contributed by atoms with van der Waals surface area (Å²) in [5.74, 6) is -0.276. The summed E-state index contributed by atoms with van der Waals surface area (Å²) in [6.07, 6.45) is 15.0. The molecule has 0 spiro atoms. The first-order valence-corrected chi connectivity index (χ1v) is 10.8. The maximum Gasteiger partial charge on any atom is 0.220 e. The zero-order valence-electron chi connectivity index (χ0n) is 17.7. The van der Waals surface area contributed by atoms with E-state index in [1.165, 1.54) is 0 Å². The first-order chi connectivity index (χ1) is 15.1. The van der Waals surface area contributed by atoms with Crippen LogP contribution in [0.4, 0.5) is 0 Å². The van der Waals surface area contributed by atoms with Gasteiger partial charge in [0.05, 0.1) is 53.8 Å². The first kappa shape index (κ1) is 19.5. The zero-order valence-corrected chi connectivity index (χ0v) is 17.7. The molecule has 0 unspecified atom stereocenters. The minimum Gasteiger partial charge on any atom is -0.369 e. The van der Waals surface area contributed by atoms with Crippen LogP contribution in [0.1, 0.15) is 51.6 Å². The normalized spacial score (nSPS) is 18.5. The number of hydrogen-bond donors (Lipinski definition) is 1. The molecule has 1 amide bonds. The van der Waals surface area contributed by atoms with Crippen LogP contribution in [0.2, 0.25) is 0 Å². The van der Waals surface area contributed by atoms with E-state index in [4.69, 9.17) is 10.7 Å². The number of rotatable bonds is 7. The van der Waals surface area contributed by atoms with Gasteiger partial charge in [-0.15, -0.1) is 0 Å². The predicted octanol–water partition coefficient (Wildman–Crippen LogP) is 3.25. The Labute approximate surface area is 179 Å². The van der Waals surface area contributed by atoms with Crippen LogP contribution >= 0.6 is 0 Å². The molecule has 0 aliphatic heterocycles. The van der Waals surface area contributed by atoms with E-state index in [1.807, 2.05) is 44.7 Å². The Morgan fingerprint density at radius 2 is 1.87 bits per heavy atom. The maximum atomic E-state index is 11.3. The fourth-order valence-electron chi connectivity index (χ4n) is 4.31. The smallest absolute Gasteiger partial charge is 0.220 e. The molecule has 1 aliphatic carbocycles. The number of fused-ring (bicyclic) bond motifs is 1. The van der Waals surface area contributed by atoms with Crippen molar-refractivity contribution in [2.75, 3.05) is 0 Å². The molecule has 9 heteroatoms. The van der Waals surface area contributed by atoms with Crippen LogP contribution < -0.4 is 5.73 Å². The lowest BCUT2D eigenvalue weighted by molar-refractivity contribution is -0.125. The van der Waals surface area contributed by atoms with E-state index in [2.05, 4.69) is 35.3 Å². The van der Waals surface area contributed by atoms with Gasteiger partial charge in [-0.3, -0.25) is 14.2 Å². The van der Waals surface area contributed by atoms with Crippen molar-refractivity contribution in [2.24, 2.45) is 11.7 Å². The van der Waals surface area contributed by atoms with Crippen molar-refractivity contribution < 1.29 is 4.79 Å². The largest absolute Gasteiger partial charge is 0.369 e. The fourth-order valence-corrected chi connectivity index (χ4v) is 4.31. The molecule has 1 aliphatic rings. The lowest BCUT2D eigenvalue weighted by Crippen LogP contribution is -2.36. The third-order valence-corrected chi connectivity index (χ3v) is 6.37. The molecule has 2 N–H and O–H groups in total. The van der Waals surface area contributed by atoms with E-state index < -0.39 is 0 Å². The van der Waals surface area contributed by atoms with Gasteiger partial charge in [-0.2, -0.15) is 15.3 Å². The molecule has 160 valence electrons. The molecule has 0 aromatic carbocycles. The van der Waals surface area contributed by atoms with Crippen molar-refractivity contribution in [1.82, 2.24) is 34.2 Å². The van der Waals surface area contributed by atoms with E-state index in [0.717, 1.165) is 53.7 Å². The highest BCUT2D eigenvalue weighted by Crippen LogP contribution is 2.38. The summed E-state index contributed by atoms with van der Waals surface area (Å²) in [4.78, 5) is 16.3. The van der Waals surface area contributed by atoms with Crippen molar-refractivity contribution in [2.45, 2.75) is 51.6 Å². The van der Waals surface area contributed by atoms with Crippen LogP contribution in [0.15, 0.2) is 43.2 Å². The summed E-state index contributed by atoms with van der Waals surface area (Å²) in [5, 5.41) is 13.5. The molecule has 0 atom stereocenters. The van der Waals surface area contributed by atoms with Gasteiger partial charge in [0.15, 0.2) is 0 Å². The Morgan fingerprint density at radius 1 is 1.10 bits per heavy atom. The highest BCUT2D eigenvalue weighted by molar-refractivity contribution is 5.78. The molecular weight excluding hydrogens is 392 g/mol. The second kappa shape index (κ2) is 7.64. The van der Waals surface area contributed by atoms with Gasteiger partial charge in [-0.05, 0) is 31.7 Å². The van der Waals surface area contributed by atoms with E-state index in [9.17, 15) is 4.79 Å². The Kier molecular flexibility index (Phi) is 4.80. The molecule has 4 aromatic rings. The highest BCUT2D eigenvalue weighted by Gasteiger charge is 2.34. The third-order valence-electron chi connectivity index (χ3n) is 6.37. The van der Waals surface area contributed by atoms with Gasteiger partial charge >= 0.3 is 0 Å². The van der Waals surface area contributed by atoms with Crippen molar-refractivity contribution in [3.63, 3.8) is 0 Å². The van der Waals surface area contributed by atoms with Crippen molar-refractivity contribution >= 4 is 11.4 Å². The summed E-state index contributed by atoms with van der Waals surface area (Å²) in [5.41, 5.74) is 9.84. The average molecular weight is 419 g/mol. The number of aromatic nitrogens is 7. The summed E-state index contributed by atoms with van der Waals surface area (Å²) in [7, 11) is 0. The van der Waals surface area contributed by atoms with E-state index in [0.29, 0.717) is 6.04 Å². The van der Waals surface area contributed by atoms with Crippen LogP contribution in [-0.4, -0.2) is 40.1 Å². The summed E-state index contributed by atoms with van der Waals surface area (Å²) in [6.45, 7) is 4.35. The molecule has 0 radical (unpaired) electrons. The average Bonchev–Trinajstić information content (AvgIpc) is 3.47. The number of primary amides is 1. The SMILES string of the molecule is CCC(CC)n1cc(-c2nc(-c3cnn([C@H]4C[C@@H](C(N)=O)C4)c3)cn3nccc23)cn1. The molecule has 9 nitrogen and oxygen atoms in total. The number of nitrogens with zero attached hydrogens (tertiary/aromatic N) is 7. The Hall–Kier alpha value is -3.49. The van der Waals surface area contributed by atoms with Gasteiger partial charge in [0.1, 0.15) is 0 Å². The predicted molar refractivity (Wildman–Crippen MR) is 116 cm³/mol. The number of amides is 1. The summed E-state index contributed by atoms with van der Waals surface area (Å²) in [6, 6.07) is 2.54. The molecule has 5 rings (SSSR count). The van der Waals surface area contributed by atoms with Crippen LogP contribution in [0.25, 0.3) is 28.0 Å².